The maximum atomic E-state index is 9.81. The zero-order chi connectivity index (χ0) is 9.19. The van der Waals surface area contributed by atoms with Crippen LogP contribution in [0.3, 0.4) is 0 Å². The van der Waals surface area contributed by atoms with E-state index < -0.39 is 11.7 Å². The fourth-order valence-corrected chi connectivity index (χ4v) is 1.02. The number of benzene rings is 1. The summed E-state index contributed by atoms with van der Waals surface area (Å²) in [7, 11) is 0. The zero-order valence-electron chi connectivity index (χ0n) is 7.36. The molecule has 0 spiro atoms. The van der Waals surface area contributed by atoms with Crippen LogP contribution in [0.5, 0.6) is 0 Å². The van der Waals surface area contributed by atoms with Gasteiger partial charge in [-0.2, -0.15) is 0 Å². The summed E-state index contributed by atoms with van der Waals surface area (Å²) in [5.41, 5.74) is -0.415. The van der Waals surface area contributed by atoms with E-state index in [1.807, 2.05) is 18.2 Å². The molecule has 0 saturated heterocycles. The van der Waals surface area contributed by atoms with E-state index in [4.69, 9.17) is 0 Å². The Labute approximate surface area is 72.5 Å². The van der Waals surface area contributed by atoms with Crippen molar-refractivity contribution in [3.63, 3.8) is 0 Å². The second-order valence-corrected chi connectivity index (χ2v) is 3.19. The molecule has 0 aromatic heterocycles. The third-order valence-electron chi connectivity index (χ3n) is 2.17. The van der Waals surface area contributed by atoms with Gasteiger partial charge in [-0.05, 0) is 19.4 Å². The van der Waals surface area contributed by atoms with Crippen LogP contribution in [0.1, 0.15) is 19.4 Å². The van der Waals surface area contributed by atoms with E-state index in [1.54, 1.807) is 26.0 Å². The van der Waals surface area contributed by atoms with Crippen molar-refractivity contribution in [3.8, 4) is 0 Å². The minimum atomic E-state index is -1.15. The molecule has 66 valence electrons. The van der Waals surface area contributed by atoms with Crippen molar-refractivity contribution in [1.82, 2.24) is 0 Å². The molecule has 2 N–H and O–H groups in total. The monoisotopic (exact) mass is 166 g/mol. The van der Waals surface area contributed by atoms with Crippen molar-refractivity contribution in [2.75, 3.05) is 0 Å². The first-order valence-electron chi connectivity index (χ1n) is 4.01. The Balaban J connectivity index is 2.98. The number of hydrogen-bond donors (Lipinski definition) is 2. The molecular formula is C10H14O2. The molecule has 0 unspecified atom stereocenters. The van der Waals surface area contributed by atoms with Crippen molar-refractivity contribution in [2.24, 2.45) is 0 Å². The van der Waals surface area contributed by atoms with Crippen LogP contribution in [0.2, 0.25) is 0 Å². The van der Waals surface area contributed by atoms with Crippen LogP contribution >= 0.6 is 0 Å². The maximum Gasteiger partial charge on any atom is 0.112 e. The Bertz CT molecular complexity index is 239. The van der Waals surface area contributed by atoms with Gasteiger partial charge in [-0.3, -0.25) is 0 Å². The standard InChI is InChI=1S/C10H14O2/c1-8(11)10(2,12)9-6-4-3-5-7-9/h3-8,11-12H,1-2H3/t8-,10-/m1/s1. The van der Waals surface area contributed by atoms with E-state index in [9.17, 15) is 10.2 Å². The summed E-state index contributed by atoms with van der Waals surface area (Å²) in [5, 5.41) is 19.1. The fourth-order valence-electron chi connectivity index (χ4n) is 1.02. The highest BCUT2D eigenvalue weighted by molar-refractivity contribution is 5.22. The Morgan fingerprint density at radius 3 is 2.17 bits per heavy atom. The van der Waals surface area contributed by atoms with Crippen LogP contribution in [0, 0.1) is 0 Å². The summed E-state index contributed by atoms with van der Waals surface area (Å²) in [6.45, 7) is 3.18. The first-order valence-corrected chi connectivity index (χ1v) is 4.01. The third kappa shape index (κ3) is 1.65. The molecule has 0 aliphatic heterocycles. The molecule has 2 atom stereocenters. The molecule has 2 nitrogen and oxygen atoms in total. The molecule has 0 radical (unpaired) electrons. The van der Waals surface area contributed by atoms with Gasteiger partial charge < -0.3 is 10.2 Å². The van der Waals surface area contributed by atoms with E-state index in [2.05, 4.69) is 0 Å². The second kappa shape index (κ2) is 3.25. The molecule has 0 fully saturated rings. The van der Waals surface area contributed by atoms with Gasteiger partial charge in [-0.25, -0.2) is 0 Å². The lowest BCUT2D eigenvalue weighted by molar-refractivity contribution is -0.0569. The third-order valence-corrected chi connectivity index (χ3v) is 2.17. The molecule has 2 heteroatoms. The molecule has 1 aromatic carbocycles. The van der Waals surface area contributed by atoms with Crippen molar-refractivity contribution < 1.29 is 10.2 Å². The van der Waals surface area contributed by atoms with Crippen molar-refractivity contribution in [3.05, 3.63) is 35.9 Å². The van der Waals surface area contributed by atoms with Crippen LogP contribution in [0.25, 0.3) is 0 Å². The first-order chi connectivity index (χ1) is 5.55. The molecule has 0 aliphatic rings. The van der Waals surface area contributed by atoms with Crippen LogP contribution in [0.4, 0.5) is 0 Å². The fraction of sp³-hybridized carbons (Fsp3) is 0.400. The molecule has 12 heavy (non-hydrogen) atoms. The quantitative estimate of drug-likeness (QED) is 0.694. The van der Waals surface area contributed by atoms with Gasteiger partial charge in [0.05, 0.1) is 6.10 Å². The van der Waals surface area contributed by atoms with Gasteiger partial charge in [0.1, 0.15) is 5.60 Å². The Morgan fingerprint density at radius 1 is 1.25 bits per heavy atom. The minimum absolute atomic E-state index is 0.736. The van der Waals surface area contributed by atoms with Crippen molar-refractivity contribution in [2.45, 2.75) is 25.6 Å². The van der Waals surface area contributed by atoms with Crippen LogP contribution in [-0.4, -0.2) is 16.3 Å². The first kappa shape index (κ1) is 9.23. The lowest BCUT2D eigenvalue weighted by Gasteiger charge is -2.26. The van der Waals surface area contributed by atoms with E-state index in [-0.39, 0.29) is 0 Å². The Morgan fingerprint density at radius 2 is 1.75 bits per heavy atom. The van der Waals surface area contributed by atoms with Gasteiger partial charge in [-0.15, -0.1) is 0 Å². The van der Waals surface area contributed by atoms with E-state index in [1.165, 1.54) is 0 Å². The summed E-state index contributed by atoms with van der Waals surface area (Å²) >= 11 is 0. The second-order valence-electron chi connectivity index (χ2n) is 3.19. The Hall–Kier alpha value is -0.860. The SMILES string of the molecule is C[C@@H](O)[C@@](C)(O)c1ccccc1. The number of aliphatic hydroxyl groups excluding tert-OH is 1. The topological polar surface area (TPSA) is 40.5 Å². The normalized spacial score (nSPS) is 18.3. The molecule has 0 saturated carbocycles. The lowest BCUT2D eigenvalue weighted by Crippen LogP contribution is -2.33. The summed E-state index contributed by atoms with van der Waals surface area (Å²) in [6, 6.07) is 9.15. The predicted molar refractivity (Wildman–Crippen MR) is 47.7 cm³/mol. The minimum Gasteiger partial charge on any atom is -0.390 e. The zero-order valence-corrected chi connectivity index (χ0v) is 7.36. The highest BCUT2D eigenvalue weighted by atomic mass is 16.3. The molecule has 0 heterocycles. The summed E-state index contributed by atoms with van der Waals surface area (Å²) in [6.07, 6.45) is -0.764. The summed E-state index contributed by atoms with van der Waals surface area (Å²) < 4.78 is 0. The number of aliphatic hydroxyl groups is 2. The van der Waals surface area contributed by atoms with E-state index in [0.717, 1.165) is 5.56 Å². The van der Waals surface area contributed by atoms with Crippen LogP contribution in [0.15, 0.2) is 30.3 Å². The summed E-state index contributed by atoms with van der Waals surface area (Å²) in [5.74, 6) is 0. The van der Waals surface area contributed by atoms with Gasteiger partial charge in [0.25, 0.3) is 0 Å². The van der Waals surface area contributed by atoms with Gasteiger partial charge in [0.15, 0.2) is 0 Å². The average Bonchev–Trinajstić information content (AvgIpc) is 2.06. The molecule has 1 rings (SSSR count). The average molecular weight is 166 g/mol. The van der Waals surface area contributed by atoms with E-state index in [0.29, 0.717) is 0 Å². The van der Waals surface area contributed by atoms with Crippen LogP contribution in [-0.2, 0) is 5.60 Å². The highest BCUT2D eigenvalue weighted by Gasteiger charge is 2.28. The predicted octanol–water partition coefficient (Wildman–Crippen LogP) is 1.27. The lowest BCUT2D eigenvalue weighted by atomic mass is 9.91. The largest absolute Gasteiger partial charge is 0.390 e. The highest BCUT2D eigenvalue weighted by Crippen LogP contribution is 2.23. The molecule has 0 bridgehead atoms. The molecule has 0 aliphatic carbocycles. The van der Waals surface area contributed by atoms with Crippen molar-refractivity contribution >= 4 is 0 Å². The van der Waals surface area contributed by atoms with Gasteiger partial charge in [0, 0.05) is 0 Å². The maximum absolute atomic E-state index is 9.81. The molecule has 0 amide bonds. The van der Waals surface area contributed by atoms with Gasteiger partial charge in [0.2, 0.25) is 0 Å². The number of rotatable bonds is 2. The molecular weight excluding hydrogens is 152 g/mol. The number of hydrogen-bond acceptors (Lipinski definition) is 2. The smallest absolute Gasteiger partial charge is 0.112 e. The van der Waals surface area contributed by atoms with Gasteiger partial charge >= 0.3 is 0 Å². The van der Waals surface area contributed by atoms with E-state index >= 15 is 0 Å². The molecule has 1 aromatic rings. The van der Waals surface area contributed by atoms with Crippen LogP contribution < -0.4 is 0 Å². The Kier molecular flexibility index (Phi) is 2.50. The van der Waals surface area contributed by atoms with Crippen molar-refractivity contribution in [1.29, 1.82) is 0 Å². The van der Waals surface area contributed by atoms with Gasteiger partial charge in [-0.1, -0.05) is 30.3 Å². The summed E-state index contributed by atoms with van der Waals surface area (Å²) in [4.78, 5) is 0.